The fourth-order valence-electron chi connectivity index (χ4n) is 2.73. The molecule has 1 aromatic carbocycles. The number of nitrogens with zero attached hydrogens (tertiary/aromatic N) is 2. The van der Waals surface area contributed by atoms with Gasteiger partial charge < -0.3 is 10.3 Å². The number of imidazole rings is 1. The predicted octanol–water partition coefficient (Wildman–Crippen LogP) is 2.89. The van der Waals surface area contributed by atoms with Crippen LogP contribution in [0, 0.1) is 23.0 Å². The molecule has 0 radical (unpaired) electrons. The zero-order chi connectivity index (χ0) is 16.4. The molecule has 0 spiro atoms. The minimum atomic E-state index is -0.963. The van der Waals surface area contributed by atoms with E-state index in [0.717, 1.165) is 36.7 Å². The van der Waals surface area contributed by atoms with Crippen molar-refractivity contribution >= 4 is 28.7 Å². The molecule has 1 aromatic heterocycles. The lowest BCUT2D eigenvalue weighted by molar-refractivity contribution is -0.119. The van der Waals surface area contributed by atoms with Gasteiger partial charge in [-0.15, -0.1) is 0 Å². The van der Waals surface area contributed by atoms with Gasteiger partial charge in [0.1, 0.15) is 5.54 Å². The van der Waals surface area contributed by atoms with Crippen molar-refractivity contribution in [1.29, 1.82) is 5.26 Å². The molecule has 3 rings (SSSR count). The lowest BCUT2D eigenvalue weighted by atomic mass is 10.0. The third kappa shape index (κ3) is 3.29. The third-order valence-electron chi connectivity index (χ3n) is 3.89. The molecule has 8 heteroatoms. The van der Waals surface area contributed by atoms with Crippen molar-refractivity contribution in [1.82, 2.24) is 15.3 Å². The maximum absolute atomic E-state index is 13.2. The Labute approximate surface area is 135 Å². The Morgan fingerprint density at radius 3 is 2.78 bits per heavy atom. The largest absolute Gasteiger partial charge is 0.337 e. The molecule has 1 heterocycles. The first kappa shape index (κ1) is 15.7. The molecular weight excluding hydrogens is 322 g/mol. The van der Waals surface area contributed by atoms with Crippen molar-refractivity contribution in [3.8, 4) is 6.07 Å². The van der Waals surface area contributed by atoms with Crippen molar-refractivity contribution < 1.29 is 13.6 Å². The molecule has 2 aromatic rings. The number of H-pyrrole nitrogens is 1. The van der Waals surface area contributed by atoms with E-state index in [1.165, 1.54) is 0 Å². The Balaban J connectivity index is 1.64. The van der Waals surface area contributed by atoms with E-state index >= 15 is 0 Å². The smallest absolute Gasteiger partial charge is 0.231 e. The highest BCUT2D eigenvalue weighted by Gasteiger charge is 2.35. The summed E-state index contributed by atoms with van der Waals surface area (Å²) in [5, 5.41) is 12.4. The van der Waals surface area contributed by atoms with Crippen LogP contribution in [0.15, 0.2) is 17.3 Å². The molecule has 120 valence electrons. The average Bonchev–Trinajstić information content (AvgIpc) is 3.13. The molecule has 5 nitrogen and oxygen atoms in total. The summed E-state index contributed by atoms with van der Waals surface area (Å²) in [5.74, 6) is -2.09. The summed E-state index contributed by atoms with van der Waals surface area (Å²) >= 11 is 1.13. The number of halogens is 2. The van der Waals surface area contributed by atoms with Crippen LogP contribution in [0.1, 0.15) is 25.7 Å². The maximum atomic E-state index is 13.2. The Hall–Kier alpha value is -2.14. The lowest BCUT2D eigenvalue weighted by Gasteiger charge is -2.21. The molecular formula is C15H14F2N4OS. The number of nitrogens with one attached hydrogen (secondary N) is 2. The van der Waals surface area contributed by atoms with Gasteiger partial charge in [-0.3, -0.25) is 4.79 Å². The molecule has 23 heavy (non-hydrogen) atoms. The van der Waals surface area contributed by atoms with Crippen LogP contribution in [-0.2, 0) is 4.79 Å². The number of carbonyl (C=O) groups excluding carboxylic acids is 1. The van der Waals surface area contributed by atoms with E-state index in [0.29, 0.717) is 29.0 Å². The van der Waals surface area contributed by atoms with E-state index in [-0.39, 0.29) is 11.7 Å². The van der Waals surface area contributed by atoms with E-state index in [1.54, 1.807) is 0 Å². The normalized spacial score (nSPS) is 16.4. The number of carbonyl (C=O) groups is 1. The highest BCUT2D eigenvalue weighted by Crippen LogP contribution is 2.29. The monoisotopic (exact) mass is 336 g/mol. The second-order valence-corrected chi connectivity index (χ2v) is 6.53. The maximum Gasteiger partial charge on any atom is 0.231 e. The quantitative estimate of drug-likeness (QED) is 0.841. The third-order valence-corrected chi connectivity index (χ3v) is 4.77. The van der Waals surface area contributed by atoms with Gasteiger partial charge in [-0.25, -0.2) is 13.8 Å². The molecule has 2 N–H and O–H groups in total. The molecule has 0 atom stereocenters. The highest BCUT2D eigenvalue weighted by atomic mass is 32.2. The van der Waals surface area contributed by atoms with Crippen LogP contribution in [0.4, 0.5) is 8.78 Å². The number of aromatic nitrogens is 2. The Bertz CT molecular complexity index is 754. The number of thioether (sulfide) groups is 1. The molecule has 1 aliphatic carbocycles. The van der Waals surface area contributed by atoms with Gasteiger partial charge in [0.15, 0.2) is 16.8 Å². The van der Waals surface area contributed by atoms with Crippen LogP contribution < -0.4 is 5.32 Å². The van der Waals surface area contributed by atoms with Gasteiger partial charge in [-0.1, -0.05) is 11.8 Å². The Morgan fingerprint density at radius 1 is 1.39 bits per heavy atom. The summed E-state index contributed by atoms with van der Waals surface area (Å²) in [6, 6.07) is 4.23. The van der Waals surface area contributed by atoms with Gasteiger partial charge in [0.2, 0.25) is 5.91 Å². The van der Waals surface area contributed by atoms with Crippen LogP contribution in [0.3, 0.4) is 0 Å². The first-order valence-corrected chi connectivity index (χ1v) is 8.20. The number of benzene rings is 1. The number of rotatable bonds is 4. The topological polar surface area (TPSA) is 81.6 Å². The summed E-state index contributed by atoms with van der Waals surface area (Å²) in [7, 11) is 0. The van der Waals surface area contributed by atoms with Crippen molar-refractivity contribution in [2.24, 2.45) is 0 Å². The van der Waals surface area contributed by atoms with Crippen LogP contribution in [-0.4, -0.2) is 27.2 Å². The van der Waals surface area contributed by atoms with Gasteiger partial charge in [-0.2, -0.15) is 5.26 Å². The molecule has 0 aliphatic heterocycles. The van der Waals surface area contributed by atoms with Crippen molar-refractivity contribution in [2.45, 2.75) is 36.4 Å². The summed E-state index contributed by atoms with van der Waals surface area (Å²) in [4.78, 5) is 19.0. The number of amides is 1. The van der Waals surface area contributed by atoms with Crippen LogP contribution in [0.25, 0.3) is 11.0 Å². The number of nitriles is 1. The SMILES string of the molecule is N#CC1(NC(=O)CSc2nc3cc(F)c(F)cc3[nH]2)CCCC1. The molecule has 1 saturated carbocycles. The fourth-order valence-corrected chi connectivity index (χ4v) is 3.42. The van der Waals surface area contributed by atoms with E-state index in [4.69, 9.17) is 0 Å². The second-order valence-electron chi connectivity index (χ2n) is 5.56. The fraction of sp³-hybridized carbons (Fsp3) is 0.400. The van der Waals surface area contributed by atoms with Gasteiger partial charge >= 0.3 is 0 Å². The van der Waals surface area contributed by atoms with E-state index in [2.05, 4.69) is 21.4 Å². The molecule has 1 amide bonds. The van der Waals surface area contributed by atoms with Crippen molar-refractivity contribution in [3.05, 3.63) is 23.8 Å². The van der Waals surface area contributed by atoms with Gasteiger partial charge in [0, 0.05) is 12.1 Å². The minimum Gasteiger partial charge on any atom is -0.337 e. The summed E-state index contributed by atoms with van der Waals surface area (Å²) < 4.78 is 26.3. The number of fused-ring (bicyclic) bond motifs is 1. The predicted molar refractivity (Wildman–Crippen MR) is 81.7 cm³/mol. The van der Waals surface area contributed by atoms with Crippen LogP contribution >= 0.6 is 11.8 Å². The lowest BCUT2D eigenvalue weighted by Crippen LogP contribution is -2.45. The van der Waals surface area contributed by atoms with Crippen molar-refractivity contribution in [3.63, 3.8) is 0 Å². The standard InChI is InChI=1S/C15H14F2N4OS/c16-9-5-11-12(6-10(9)17)20-14(19-11)23-7-13(22)21-15(8-18)3-1-2-4-15/h5-6H,1-4,7H2,(H,19,20)(H,21,22). The molecule has 1 fully saturated rings. The highest BCUT2D eigenvalue weighted by molar-refractivity contribution is 7.99. The van der Waals surface area contributed by atoms with Crippen molar-refractivity contribution in [2.75, 3.05) is 5.75 Å². The average molecular weight is 336 g/mol. The van der Waals surface area contributed by atoms with Crippen LogP contribution in [0.5, 0.6) is 0 Å². The minimum absolute atomic E-state index is 0.0776. The Kier molecular flexibility index (Phi) is 4.22. The summed E-state index contributed by atoms with van der Waals surface area (Å²) in [5.41, 5.74) is -0.0789. The summed E-state index contributed by atoms with van der Waals surface area (Å²) in [6.07, 6.45) is 3.20. The van der Waals surface area contributed by atoms with Gasteiger partial charge in [0.25, 0.3) is 0 Å². The molecule has 0 saturated heterocycles. The number of hydrogen-bond donors (Lipinski definition) is 2. The zero-order valence-corrected chi connectivity index (χ0v) is 13.0. The number of aromatic amines is 1. The van der Waals surface area contributed by atoms with Gasteiger partial charge in [-0.05, 0) is 25.7 Å². The van der Waals surface area contributed by atoms with E-state index in [1.807, 2.05) is 0 Å². The second kappa shape index (κ2) is 6.16. The zero-order valence-electron chi connectivity index (χ0n) is 12.2. The molecule has 1 aliphatic rings. The summed E-state index contributed by atoms with van der Waals surface area (Å²) in [6.45, 7) is 0. The Morgan fingerprint density at radius 2 is 2.09 bits per heavy atom. The molecule has 0 unspecified atom stereocenters. The van der Waals surface area contributed by atoms with E-state index < -0.39 is 17.2 Å². The first-order valence-electron chi connectivity index (χ1n) is 7.21. The van der Waals surface area contributed by atoms with Gasteiger partial charge in [0.05, 0.1) is 22.9 Å². The van der Waals surface area contributed by atoms with Crippen LogP contribution in [0.2, 0.25) is 0 Å². The molecule has 0 bridgehead atoms. The van der Waals surface area contributed by atoms with E-state index in [9.17, 15) is 18.8 Å². The number of hydrogen-bond acceptors (Lipinski definition) is 4. The first-order chi connectivity index (χ1) is 11.0.